The van der Waals surface area contributed by atoms with Gasteiger partial charge in [0, 0.05) is 32.4 Å². The van der Waals surface area contributed by atoms with E-state index in [0.717, 1.165) is 25.9 Å². The lowest BCUT2D eigenvalue weighted by atomic mass is 10.0. The lowest BCUT2D eigenvalue weighted by molar-refractivity contribution is 0.0952. The number of hydrogen-bond acceptors (Lipinski definition) is 5. The zero-order valence-corrected chi connectivity index (χ0v) is 16.7. The van der Waals surface area contributed by atoms with Crippen molar-refractivity contribution >= 4 is 11.6 Å². The van der Waals surface area contributed by atoms with Crippen LogP contribution >= 0.6 is 0 Å². The highest BCUT2D eigenvalue weighted by atomic mass is 16.3. The van der Waals surface area contributed by atoms with Crippen molar-refractivity contribution in [3.63, 3.8) is 0 Å². The van der Waals surface area contributed by atoms with Gasteiger partial charge in [-0.15, -0.1) is 0 Å². The van der Waals surface area contributed by atoms with Crippen molar-refractivity contribution in [3.05, 3.63) is 59.7 Å². The highest BCUT2D eigenvalue weighted by molar-refractivity contribution is 5.96. The predicted octanol–water partition coefficient (Wildman–Crippen LogP) is 2.68. The summed E-state index contributed by atoms with van der Waals surface area (Å²) in [5.74, 6) is -0.429. The lowest BCUT2D eigenvalue weighted by Gasteiger charge is -2.19. The van der Waals surface area contributed by atoms with Crippen molar-refractivity contribution in [2.24, 2.45) is 0 Å². The van der Waals surface area contributed by atoms with Gasteiger partial charge in [-0.1, -0.05) is 24.3 Å². The van der Waals surface area contributed by atoms with Crippen LogP contribution in [0.1, 0.15) is 41.8 Å². The molecule has 4 N–H and O–H groups in total. The minimum Gasteiger partial charge on any atom is -0.507 e. The number of benzene rings is 2. The van der Waals surface area contributed by atoms with Crippen LogP contribution < -0.4 is 15.5 Å². The minimum absolute atomic E-state index is 0.0857. The first-order chi connectivity index (χ1) is 13.5. The van der Waals surface area contributed by atoms with E-state index in [1.807, 2.05) is 25.1 Å². The second kappa shape index (κ2) is 11.3. The molecule has 0 aliphatic carbocycles. The largest absolute Gasteiger partial charge is 0.507 e. The zero-order chi connectivity index (χ0) is 20.4. The molecule has 152 valence electrons. The Balaban J connectivity index is 1.72. The first-order valence-electron chi connectivity index (χ1n) is 9.79. The number of anilines is 1. The van der Waals surface area contributed by atoms with Gasteiger partial charge in [-0.25, -0.2) is 0 Å². The predicted molar refractivity (Wildman–Crippen MR) is 113 cm³/mol. The third kappa shape index (κ3) is 6.55. The number of para-hydroxylation sites is 1. The molecule has 0 spiro atoms. The van der Waals surface area contributed by atoms with Crippen molar-refractivity contribution < 1.29 is 15.0 Å². The third-order valence-corrected chi connectivity index (χ3v) is 4.62. The number of unbranched alkanes of at least 4 members (excludes halogenated alkanes) is 1. The number of aliphatic hydroxyl groups is 1. The van der Waals surface area contributed by atoms with Crippen LogP contribution in [0.2, 0.25) is 0 Å². The van der Waals surface area contributed by atoms with E-state index in [9.17, 15) is 15.0 Å². The topological polar surface area (TPSA) is 84.8 Å². The molecule has 1 atom stereocenters. The Morgan fingerprint density at radius 1 is 1.14 bits per heavy atom. The minimum atomic E-state index is -0.735. The van der Waals surface area contributed by atoms with Gasteiger partial charge in [0.2, 0.25) is 0 Å². The van der Waals surface area contributed by atoms with Gasteiger partial charge in [-0.2, -0.15) is 0 Å². The standard InChI is InChI=1S/C22H31N3O3/c1-3-24-22(28)19-15-17(11-12-20(19)26)21(27)16-23-13-7-8-14-25(2)18-9-5-4-6-10-18/h4-6,9-12,15,21,23,26-27H,3,7-8,13-14,16H2,1-2H3,(H,24,28). The van der Waals surface area contributed by atoms with E-state index in [2.05, 4.69) is 34.7 Å². The Labute approximate surface area is 167 Å². The second-order valence-electron chi connectivity index (χ2n) is 6.82. The maximum Gasteiger partial charge on any atom is 0.255 e. The van der Waals surface area contributed by atoms with Gasteiger partial charge >= 0.3 is 0 Å². The molecule has 0 bridgehead atoms. The molecule has 2 aromatic carbocycles. The number of carbonyl (C=O) groups excluding carboxylic acids is 1. The number of aromatic hydroxyl groups is 1. The van der Waals surface area contributed by atoms with Gasteiger partial charge in [-0.05, 0) is 56.1 Å². The number of carbonyl (C=O) groups is 1. The van der Waals surface area contributed by atoms with Crippen molar-refractivity contribution in [1.82, 2.24) is 10.6 Å². The van der Waals surface area contributed by atoms with E-state index in [1.54, 1.807) is 12.1 Å². The molecule has 1 unspecified atom stereocenters. The molecule has 6 heteroatoms. The molecule has 28 heavy (non-hydrogen) atoms. The number of nitrogens with zero attached hydrogens (tertiary/aromatic N) is 1. The van der Waals surface area contributed by atoms with Crippen LogP contribution in [-0.2, 0) is 0 Å². The maximum absolute atomic E-state index is 12.0. The van der Waals surface area contributed by atoms with Crippen LogP contribution in [0.4, 0.5) is 5.69 Å². The molecule has 0 aromatic heterocycles. The van der Waals surface area contributed by atoms with Crippen molar-refractivity contribution in [2.45, 2.75) is 25.9 Å². The van der Waals surface area contributed by atoms with Gasteiger partial charge < -0.3 is 25.7 Å². The molecule has 0 radical (unpaired) electrons. The van der Waals surface area contributed by atoms with E-state index < -0.39 is 6.10 Å². The number of hydrogen-bond donors (Lipinski definition) is 4. The van der Waals surface area contributed by atoms with E-state index in [4.69, 9.17) is 0 Å². The lowest BCUT2D eigenvalue weighted by Crippen LogP contribution is -2.25. The summed E-state index contributed by atoms with van der Waals surface area (Å²) < 4.78 is 0. The van der Waals surface area contributed by atoms with Crippen molar-refractivity contribution in [1.29, 1.82) is 0 Å². The molecule has 0 fully saturated rings. The van der Waals surface area contributed by atoms with E-state index in [1.165, 1.54) is 11.8 Å². The molecule has 2 aromatic rings. The molecule has 6 nitrogen and oxygen atoms in total. The Morgan fingerprint density at radius 2 is 1.89 bits per heavy atom. The molecular formula is C22H31N3O3. The average molecular weight is 386 g/mol. The Hall–Kier alpha value is -2.57. The van der Waals surface area contributed by atoms with Crippen LogP contribution in [-0.4, -0.2) is 49.3 Å². The summed E-state index contributed by atoms with van der Waals surface area (Å²) in [7, 11) is 2.09. The first-order valence-corrected chi connectivity index (χ1v) is 9.79. The molecule has 2 rings (SSSR count). The molecule has 0 saturated carbocycles. The summed E-state index contributed by atoms with van der Waals surface area (Å²) in [5, 5.41) is 26.1. The first kappa shape index (κ1) is 21.7. The Kier molecular flexibility index (Phi) is 8.78. The van der Waals surface area contributed by atoms with Crippen LogP contribution in [0.15, 0.2) is 48.5 Å². The number of nitrogens with one attached hydrogen (secondary N) is 2. The van der Waals surface area contributed by atoms with Crippen LogP contribution in [0.3, 0.4) is 0 Å². The molecule has 0 saturated heterocycles. The Bertz CT molecular complexity index is 737. The summed E-state index contributed by atoms with van der Waals surface area (Å²) in [6, 6.07) is 14.9. The van der Waals surface area contributed by atoms with Crippen LogP contribution in [0.5, 0.6) is 5.75 Å². The van der Waals surface area contributed by atoms with Gasteiger partial charge in [0.1, 0.15) is 5.75 Å². The fourth-order valence-electron chi connectivity index (χ4n) is 2.97. The highest BCUT2D eigenvalue weighted by Crippen LogP contribution is 2.22. The Morgan fingerprint density at radius 3 is 2.61 bits per heavy atom. The van der Waals surface area contributed by atoms with Crippen molar-refractivity contribution in [2.75, 3.05) is 38.1 Å². The summed E-state index contributed by atoms with van der Waals surface area (Å²) in [5.41, 5.74) is 2.00. The number of phenolic OH excluding ortho intramolecular Hbond substituents is 1. The summed E-state index contributed by atoms with van der Waals surface area (Å²) >= 11 is 0. The summed E-state index contributed by atoms with van der Waals surface area (Å²) in [6.07, 6.45) is 1.32. The van der Waals surface area contributed by atoms with E-state index >= 15 is 0 Å². The molecule has 1 amide bonds. The normalized spacial score (nSPS) is 11.8. The van der Waals surface area contributed by atoms with Gasteiger partial charge in [0.05, 0.1) is 11.7 Å². The number of amides is 1. The molecule has 0 aliphatic heterocycles. The number of aliphatic hydroxyl groups excluding tert-OH is 1. The quantitative estimate of drug-likeness (QED) is 0.447. The average Bonchev–Trinajstić information content (AvgIpc) is 2.71. The zero-order valence-electron chi connectivity index (χ0n) is 16.7. The SMILES string of the molecule is CCNC(=O)c1cc(C(O)CNCCCCN(C)c2ccccc2)ccc1O. The van der Waals surface area contributed by atoms with Gasteiger partial charge in [-0.3, -0.25) is 4.79 Å². The van der Waals surface area contributed by atoms with E-state index in [-0.39, 0.29) is 17.2 Å². The number of rotatable bonds is 11. The van der Waals surface area contributed by atoms with Crippen LogP contribution in [0, 0.1) is 0 Å². The molecular weight excluding hydrogens is 354 g/mol. The third-order valence-electron chi connectivity index (χ3n) is 4.62. The van der Waals surface area contributed by atoms with Crippen LogP contribution in [0.25, 0.3) is 0 Å². The van der Waals surface area contributed by atoms with E-state index in [0.29, 0.717) is 18.7 Å². The highest BCUT2D eigenvalue weighted by Gasteiger charge is 2.14. The van der Waals surface area contributed by atoms with Crippen molar-refractivity contribution in [3.8, 4) is 5.75 Å². The maximum atomic E-state index is 12.0. The second-order valence-corrected chi connectivity index (χ2v) is 6.82. The summed E-state index contributed by atoms with van der Waals surface area (Å²) in [4.78, 5) is 14.2. The molecule has 0 aliphatic rings. The van der Waals surface area contributed by atoms with Gasteiger partial charge in [0.15, 0.2) is 0 Å². The fourth-order valence-corrected chi connectivity index (χ4v) is 2.97. The summed E-state index contributed by atoms with van der Waals surface area (Å²) in [6.45, 7) is 4.47. The monoisotopic (exact) mass is 385 g/mol. The van der Waals surface area contributed by atoms with Gasteiger partial charge in [0.25, 0.3) is 5.91 Å². The fraction of sp³-hybridized carbons (Fsp3) is 0.409. The molecule has 0 heterocycles. The smallest absolute Gasteiger partial charge is 0.255 e. The number of phenols is 1.